The number of nitrogens with one attached hydrogen (secondary N) is 1. The summed E-state index contributed by atoms with van der Waals surface area (Å²) in [6.45, 7) is 0.315. The van der Waals surface area contributed by atoms with Gasteiger partial charge >= 0.3 is 12.1 Å². The quantitative estimate of drug-likeness (QED) is 0.786. The molecule has 9 heteroatoms. The van der Waals surface area contributed by atoms with Gasteiger partial charge in [0.1, 0.15) is 6.10 Å². The number of carboxylic acids is 1. The van der Waals surface area contributed by atoms with Gasteiger partial charge in [0.2, 0.25) is 10.0 Å². The van der Waals surface area contributed by atoms with Gasteiger partial charge < -0.3 is 14.7 Å². The van der Waals surface area contributed by atoms with Gasteiger partial charge in [0, 0.05) is 12.6 Å². The molecule has 2 aliphatic rings. The molecule has 3 rings (SSSR count). The van der Waals surface area contributed by atoms with Crippen LogP contribution in [-0.2, 0) is 14.8 Å². The summed E-state index contributed by atoms with van der Waals surface area (Å²) in [5.74, 6) is -1.20. The van der Waals surface area contributed by atoms with Crippen molar-refractivity contribution in [3.05, 3.63) is 29.8 Å². The molecule has 0 spiro atoms. The lowest BCUT2D eigenvalue weighted by Crippen LogP contribution is -2.35. The fourth-order valence-corrected chi connectivity index (χ4v) is 3.53. The molecule has 0 bridgehead atoms. The van der Waals surface area contributed by atoms with Crippen molar-refractivity contribution in [1.82, 2.24) is 9.62 Å². The Hall–Kier alpha value is -2.13. The molecule has 1 atom stereocenters. The molecule has 1 aliphatic carbocycles. The Bertz CT molecular complexity index is 743. The molecule has 23 heavy (non-hydrogen) atoms. The smallest absolute Gasteiger partial charge is 0.410 e. The number of aromatic carboxylic acids is 1. The second-order valence-electron chi connectivity index (χ2n) is 5.57. The number of hydrogen-bond acceptors (Lipinski definition) is 5. The van der Waals surface area contributed by atoms with E-state index in [1.165, 1.54) is 18.2 Å². The van der Waals surface area contributed by atoms with Crippen LogP contribution in [0.5, 0.6) is 0 Å². The number of carbonyl (C=O) groups is 2. The van der Waals surface area contributed by atoms with E-state index in [0.29, 0.717) is 6.54 Å². The number of carbonyl (C=O) groups excluding carboxylic acids is 1. The van der Waals surface area contributed by atoms with Crippen molar-refractivity contribution in [1.29, 1.82) is 0 Å². The maximum atomic E-state index is 12.2. The van der Waals surface area contributed by atoms with Gasteiger partial charge in [0.25, 0.3) is 0 Å². The zero-order chi connectivity index (χ0) is 16.6. The van der Waals surface area contributed by atoms with Gasteiger partial charge in [0.05, 0.1) is 17.0 Å². The number of nitrogens with zero attached hydrogens (tertiary/aromatic N) is 1. The number of rotatable bonds is 6. The zero-order valence-electron chi connectivity index (χ0n) is 12.1. The van der Waals surface area contributed by atoms with Crippen molar-refractivity contribution in [2.75, 3.05) is 13.1 Å². The summed E-state index contributed by atoms with van der Waals surface area (Å²) >= 11 is 0. The van der Waals surface area contributed by atoms with Crippen LogP contribution in [0.15, 0.2) is 29.2 Å². The predicted octanol–water partition coefficient (Wildman–Crippen LogP) is 0.646. The van der Waals surface area contributed by atoms with Crippen LogP contribution >= 0.6 is 0 Å². The van der Waals surface area contributed by atoms with E-state index in [-0.39, 0.29) is 23.0 Å². The van der Waals surface area contributed by atoms with Crippen LogP contribution < -0.4 is 4.72 Å². The van der Waals surface area contributed by atoms with Crippen molar-refractivity contribution in [2.24, 2.45) is 0 Å². The number of benzene rings is 1. The van der Waals surface area contributed by atoms with Gasteiger partial charge in [0.15, 0.2) is 0 Å². The average molecular weight is 340 g/mol. The fraction of sp³-hybridized carbons (Fsp3) is 0.429. The molecule has 1 saturated carbocycles. The molecule has 1 aromatic rings. The molecule has 0 radical (unpaired) electrons. The van der Waals surface area contributed by atoms with Gasteiger partial charge in [-0.2, -0.15) is 0 Å². The number of cyclic esters (lactones) is 1. The monoisotopic (exact) mass is 340 g/mol. The molecule has 1 aliphatic heterocycles. The van der Waals surface area contributed by atoms with Crippen molar-refractivity contribution < 1.29 is 27.9 Å². The molecular formula is C14H16N2O6S. The van der Waals surface area contributed by atoms with Crippen molar-refractivity contribution in [2.45, 2.75) is 29.9 Å². The third-order valence-electron chi connectivity index (χ3n) is 3.78. The van der Waals surface area contributed by atoms with Crippen molar-refractivity contribution in [3.63, 3.8) is 0 Å². The molecule has 124 valence electrons. The minimum absolute atomic E-state index is 0.0470. The van der Waals surface area contributed by atoms with Crippen LogP contribution in [-0.4, -0.2) is 55.7 Å². The number of carboxylic acid groups (broad SMARTS) is 1. The molecule has 1 unspecified atom stereocenters. The summed E-state index contributed by atoms with van der Waals surface area (Å²) < 4.78 is 31.9. The third kappa shape index (κ3) is 3.45. The highest BCUT2D eigenvalue weighted by Gasteiger charge is 2.41. The molecule has 2 fully saturated rings. The lowest BCUT2D eigenvalue weighted by molar-refractivity contribution is 0.0696. The number of sulfonamides is 1. The van der Waals surface area contributed by atoms with Crippen LogP contribution in [0, 0.1) is 0 Å². The standard InChI is InChI=1S/C14H16N2O6S/c17-13(18)9-2-1-3-12(6-9)23(20,21)15-7-11-8-16(10-4-5-10)14(19)22-11/h1-3,6,10-11,15H,4-5,7-8H2,(H,17,18). The first-order valence-electron chi connectivity index (χ1n) is 7.17. The summed E-state index contributed by atoms with van der Waals surface area (Å²) in [7, 11) is -3.87. The number of hydrogen-bond donors (Lipinski definition) is 2. The summed E-state index contributed by atoms with van der Waals surface area (Å²) in [6, 6.07) is 5.29. The van der Waals surface area contributed by atoms with E-state index >= 15 is 0 Å². The Kier molecular flexibility index (Phi) is 3.99. The summed E-state index contributed by atoms with van der Waals surface area (Å²) in [5.41, 5.74) is -0.111. The maximum absolute atomic E-state index is 12.2. The average Bonchev–Trinajstić information content (AvgIpc) is 3.29. The van der Waals surface area contributed by atoms with Gasteiger partial charge in [-0.3, -0.25) is 0 Å². The van der Waals surface area contributed by atoms with Gasteiger partial charge in [-0.1, -0.05) is 6.07 Å². The van der Waals surface area contributed by atoms with E-state index in [4.69, 9.17) is 9.84 Å². The van der Waals surface area contributed by atoms with Crippen LogP contribution in [0.3, 0.4) is 0 Å². The van der Waals surface area contributed by atoms with Gasteiger partial charge in [-0.15, -0.1) is 0 Å². The highest BCUT2D eigenvalue weighted by molar-refractivity contribution is 7.89. The number of amides is 1. The molecule has 0 aromatic heterocycles. The van der Waals surface area contributed by atoms with Gasteiger partial charge in [-0.05, 0) is 31.0 Å². The Morgan fingerprint density at radius 3 is 2.78 bits per heavy atom. The SMILES string of the molecule is O=C(O)c1cccc(S(=O)(=O)NCC2CN(C3CC3)C(=O)O2)c1. The Morgan fingerprint density at radius 1 is 1.39 bits per heavy atom. The molecular weight excluding hydrogens is 324 g/mol. The Labute approximate surface area is 133 Å². The van der Waals surface area contributed by atoms with Crippen LogP contribution in [0.1, 0.15) is 23.2 Å². The minimum atomic E-state index is -3.87. The molecule has 1 heterocycles. The van der Waals surface area contributed by atoms with Crippen molar-refractivity contribution >= 4 is 22.1 Å². The van der Waals surface area contributed by atoms with E-state index in [1.807, 2.05) is 0 Å². The van der Waals surface area contributed by atoms with Gasteiger partial charge in [-0.25, -0.2) is 22.7 Å². The normalized spacial score (nSPS) is 21.3. The largest absolute Gasteiger partial charge is 0.478 e. The topological polar surface area (TPSA) is 113 Å². The second-order valence-corrected chi connectivity index (χ2v) is 7.34. The van der Waals surface area contributed by atoms with Crippen LogP contribution in [0.25, 0.3) is 0 Å². The molecule has 1 aromatic carbocycles. The van der Waals surface area contributed by atoms with E-state index in [1.54, 1.807) is 4.90 Å². The summed E-state index contributed by atoms with van der Waals surface area (Å²) in [4.78, 5) is 24.0. The molecule has 1 saturated heterocycles. The van der Waals surface area contributed by atoms with Crippen LogP contribution in [0.4, 0.5) is 4.79 Å². The van der Waals surface area contributed by atoms with E-state index in [0.717, 1.165) is 18.9 Å². The third-order valence-corrected chi connectivity index (χ3v) is 5.20. The fourth-order valence-electron chi connectivity index (χ4n) is 2.41. The number of ether oxygens (including phenoxy) is 1. The maximum Gasteiger partial charge on any atom is 0.410 e. The van der Waals surface area contributed by atoms with E-state index < -0.39 is 28.2 Å². The highest BCUT2D eigenvalue weighted by atomic mass is 32.2. The first kappa shape index (κ1) is 15.8. The molecule has 1 amide bonds. The Morgan fingerprint density at radius 2 is 2.13 bits per heavy atom. The van der Waals surface area contributed by atoms with E-state index in [2.05, 4.69) is 4.72 Å². The second kappa shape index (κ2) is 5.82. The molecule has 2 N–H and O–H groups in total. The van der Waals surface area contributed by atoms with Crippen LogP contribution in [0.2, 0.25) is 0 Å². The predicted molar refractivity (Wildman–Crippen MR) is 78.6 cm³/mol. The lowest BCUT2D eigenvalue weighted by atomic mass is 10.2. The van der Waals surface area contributed by atoms with E-state index in [9.17, 15) is 18.0 Å². The Balaban J connectivity index is 1.64. The minimum Gasteiger partial charge on any atom is -0.478 e. The van der Waals surface area contributed by atoms with Crippen molar-refractivity contribution in [3.8, 4) is 0 Å². The highest BCUT2D eigenvalue weighted by Crippen LogP contribution is 2.30. The first-order chi connectivity index (χ1) is 10.9. The zero-order valence-corrected chi connectivity index (χ0v) is 13.0. The first-order valence-corrected chi connectivity index (χ1v) is 8.65. The lowest BCUT2D eigenvalue weighted by Gasteiger charge is -2.12. The molecule has 8 nitrogen and oxygen atoms in total. The summed E-state index contributed by atoms with van der Waals surface area (Å²) in [5, 5.41) is 8.92. The summed E-state index contributed by atoms with van der Waals surface area (Å²) in [6.07, 6.45) is 0.954.